The smallest absolute Gasteiger partial charge is 0.181 e. The molecule has 0 spiro atoms. The second kappa shape index (κ2) is 6.02. The van der Waals surface area contributed by atoms with Gasteiger partial charge in [-0.2, -0.15) is 0 Å². The lowest BCUT2D eigenvalue weighted by Gasteiger charge is -2.14. The molecule has 0 aliphatic carbocycles. The minimum absolute atomic E-state index is 0.117. The molecule has 0 saturated heterocycles. The van der Waals surface area contributed by atoms with Gasteiger partial charge in [0.15, 0.2) is 9.84 Å². The third-order valence-electron chi connectivity index (χ3n) is 2.73. The van der Waals surface area contributed by atoms with Crippen LogP contribution in [0, 0.1) is 0 Å². The molecular formula is C12H18O4S. The molecule has 0 bridgehead atoms. The predicted octanol–water partition coefficient (Wildman–Crippen LogP) is 1.63. The fraction of sp³-hybridized carbons (Fsp3) is 0.500. The van der Waals surface area contributed by atoms with E-state index in [-0.39, 0.29) is 17.9 Å². The Kier molecular flexibility index (Phi) is 4.96. The number of hydrogen-bond acceptors (Lipinski definition) is 4. The molecule has 0 amide bonds. The van der Waals surface area contributed by atoms with Gasteiger partial charge in [-0.25, -0.2) is 8.42 Å². The van der Waals surface area contributed by atoms with Crippen LogP contribution in [-0.2, 0) is 9.84 Å². The highest BCUT2D eigenvalue weighted by atomic mass is 32.2. The molecule has 4 nitrogen and oxygen atoms in total. The van der Waals surface area contributed by atoms with E-state index in [1.807, 2.05) is 0 Å². The van der Waals surface area contributed by atoms with Crippen molar-refractivity contribution in [3.05, 3.63) is 24.3 Å². The zero-order valence-corrected chi connectivity index (χ0v) is 10.9. The second-order valence-corrected chi connectivity index (χ2v) is 5.99. The van der Waals surface area contributed by atoms with E-state index in [2.05, 4.69) is 0 Å². The lowest BCUT2D eigenvalue weighted by Crippen LogP contribution is -2.22. The molecule has 1 atom stereocenters. The van der Waals surface area contributed by atoms with Crippen molar-refractivity contribution < 1.29 is 18.3 Å². The third kappa shape index (κ3) is 3.20. The molecule has 0 fully saturated rings. The molecule has 1 rings (SSSR count). The Labute approximate surface area is 102 Å². The van der Waals surface area contributed by atoms with E-state index in [1.165, 1.54) is 19.2 Å². The molecule has 0 aliphatic heterocycles. The maximum Gasteiger partial charge on any atom is 0.181 e. The van der Waals surface area contributed by atoms with E-state index >= 15 is 0 Å². The van der Waals surface area contributed by atoms with Crippen molar-refractivity contribution in [2.75, 3.05) is 13.7 Å². The molecule has 17 heavy (non-hydrogen) atoms. The molecule has 1 unspecified atom stereocenters. The SMILES string of the molecule is CCC(CCO)S(=O)(=O)c1ccc(OC)cc1. The van der Waals surface area contributed by atoms with Crippen LogP contribution >= 0.6 is 0 Å². The lowest BCUT2D eigenvalue weighted by molar-refractivity contribution is 0.284. The number of ether oxygens (including phenoxy) is 1. The summed E-state index contributed by atoms with van der Waals surface area (Å²) in [6.07, 6.45) is 0.764. The van der Waals surface area contributed by atoms with Crippen molar-refractivity contribution in [1.29, 1.82) is 0 Å². The Balaban J connectivity index is 3.02. The van der Waals surface area contributed by atoms with Gasteiger partial charge in [-0.05, 0) is 37.1 Å². The highest BCUT2D eigenvalue weighted by Crippen LogP contribution is 2.22. The van der Waals surface area contributed by atoms with Gasteiger partial charge in [-0.15, -0.1) is 0 Å². The fourth-order valence-corrected chi connectivity index (χ4v) is 3.44. The average molecular weight is 258 g/mol. The summed E-state index contributed by atoms with van der Waals surface area (Å²) in [5.74, 6) is 0.624. The van der Waals surface area contributed by atoms with Gasteiger partial charge in [0.05, 0.1) is 17.3 Å². The van der Waals surface area contributed by atoms with Gasteiger partial charge in [0.1, 0.15) is 5.75 Å². The van der Waals surface area contributed by atoms with Crippen LogP contribution in [0.25, 0.3) is 0 Å². The summed E-state index contributed by atoms with van der Waals surface area (Å²) in [7, 11) is -1.82. The first-order valence-corrected chi connectivity index (χ1v) is 7.09. The number of hydrogen-bond donors (Lipinski definition) is 1. The van der Waals surface area contributed by atoms with E-state index in [4.69, 9.17) is 9.84 Å². The summed E-state index contributed by atoms with van der Waals surface area (Å²) in [5.41, 5.74) is 0. The van der Waals surface area contributed by atoms with Crippen molar-refractivity contribution in [2.45, 2.75) is 29.9 Å². The number of aliphatic hydroxyl groups excluding tert-OH is 1. The Morgan fingerprint density at radius 3 is 2.29 bits per heavy atom. The van der Waals surface area contributed by atoms with Crippen LogP contribution < -0.4 is 4.74 Å². The average Bonchev–Trinajstić information content (AvgIpc) is 2.35. The summed E-state index contributed by atoms with van der Waals surface area (Å²) in [4.78, 5) is 0.276. The molecule has 1 N–H and O–H groups in total. The highest BCUT2D eigenvalue weighted by molar-refractivity contribution is 7.92. The maximum atomic E-state index is 12.2. The Hall–Kier alpha value is -1.07. The number of benzene rings is 1. The summed E-state index contributed by atoms with van der Waals surface area (Å²) >= 11 is 0. The quantitative estimate of drug-likeness (QED) is 0.842. The summed E-state index contributed by atoms with van der Waals surface area (Å²) in [5, 5.41) is 8.35. The van der Waals surface area contributed by atoms with E-state index in [1.54, 1.807) is 19.1 Å². The summed E-state index contributed by atoms with van der Waals surface area (Å²) in [6.45, 7) is 1.69. The summed E-state index contributed by atoms with van der Waals surface area (Å²) in [6, 6.07) is 6.32. The lowest BCUT2D eigenvalue weighted by atomic mass is 10.2. The van der Waals surface area contributed by atoms with Crippen LogP contribution in [0.15, 0.2) is 29.2 Å². The van der Waals surface area contributed by atoms with E-state index in [0.29, 0.717) is 12.2 Å². The molecule has 96 valence electrons. The maximum absolute atomic E-state index is 12.2. The minimum atomic E-state index is -3.35. The van der Waals surface area contributed by atoms with Crippen LogP contribution in [0.3, 0.4) is 0 Å². The van der Waals surface area contributed by atoms with Gasteiger partial charge in [-0.3, -0.25) is 0 Å². The Morgan fingerprint density at radius 2 is 1.88 bits per heavy atom. The zero-order valence-electron chi connectivity index (χ0n) is 10.1. The van der Waals surface area contributed by atoms with Crippen LogP contribution in [0.1, 0.15) is 19.8 Å². The van der Waals surface area contributed by atoms with Gasteiger partial charge in [0.25, 0.3) is 0 Å². The van der Waals surface area contributed by atoms with Crippen LogP contribution in [0.4, 0.5) is 0 Å². The van der Waals surface area contributed by atoms with Gasteiger partial charge in [0.2, 0.25) is 0 Å². The van der Waals surface area contributed by atoms with Crippen molar-refractivity contribution in [1.82, 2.24) is 0 Å². The van der Waals surface area contributed by atoms with E-state index < -0.39 is 15.1 Å². The van der Waals surface area contributed by atoms with Crippen molar-refractivity contribution in [3.63, 3.8) is 0 Å². The molecule has 1 aromatic rings. The molecule has 0 aliphatic rings. The first-order chi connectivity index (χ1) is 8.06. The highest BCUT2D eigenvalue weighted by Gasteiger charge is 2.25. The Bertz CT molecular complexity index is 436. The number of methoxy groups -OCH3 is 1. The van der Waals surface area contributed by atoms with Crippen molar-refractivity contribution >= 4 is 9.84 Å². The van der Waals surface area contributed by atoms with Gasteiger partial charge in [0, 0.05) is 6.61 Å². The third-order valence-corrected chi connectivity index (χ3v) is 5.11. The number of rotatable bonds is 6. The zero-order chi connectivity index (χ0) is 12.9. The molecule has 0 radical (unpaired) electrons. The molecule has 0 heterocycles. The molecule has 1 aromatic carbocycles. The van der Waals surface area contributed by atoms with Crippen molar-refractivity contribution in [2.24, 2.45) is 0 Å². The van der Waals surface area contributed by atoms with Gasteiger partial charge < -0.3 is 9.84 Å². The van der Waals surface area contributed by atoms with Crippen LogP contribution in [0.5, 0.6) is 5.75 Å². The number of sulfone groups is 1. The van der Waals surface area contributed by atoms with Gasteiger partial charge in [-0.1, -0.05) is 6.92 Å². The number of aliphatic hydroxyl groups is 1. The van der Waals surface area contributed by atoms with E-state index in [0.717, 1.165) is 0 Å². The van der Waals surface area contributed by atoms with E-state index in [9.17, 15) is 8.42 Å². The molecular weight excluding hydrogens is 240 g/mol. The predicted molar refractivity (Wildman–Crippen MR) is 66.0 cm³/mol. The summed E-state index contributed by atoms with van der Waals surface area (Å²) < 4.78 is 29.4. The second-order valence-electron chi connectivity index (χ2n) is 3.76. The normalized spacial score (nSPS) is 13.4. The standard InChI is InChI=1S/C12H18O4S/c1-3-11(8-9-13)17(14,15)12-6-4-10(16-2)5-7-12/h4-7,11,13H,3,8-9H2,1-2H3. The molecule has 0 aromatic heterocycles. The van der Waals surface area contributed by atoms with Crippen molar-refractivity contribution in [3.8, 4) is 5.75 Å². The van der Waals surface area contributed by atoms with Crippen LogP contribution in [0.2, 0.25) is 0 Å². The first kappa shape index (κ1) is 14.0. The first-order valence-electron chi connectivity index (χ1n) is 5.55. The Morgan fingerprint density at radius 1 is 1.29 bits per heavy atom. The largest absolute Gasteiger partial charge is 0.497 e. The fourth-order valence-electron chi connectivity index (χ4n) is 1.68. The van der Waals surface area contributed by atoms with Crippen LogP contribution in [-0.4, -0.2) is 32.5 Å². The molecule has 0 saturated carbocycles. The minimum Gasteiger partial charge on any atom is -0.497 e. The molecule has 5 heteroatoms. The topological polar surface area (TPSA) is 63.6 Å². The monoisotopic (exact) mass is 258 g/mol. The van der Waals surface area contributed by atoms with Gasteiger partial charge >= 0.3 is 0 Å².